The van der Waals surface area contributed by atoms with Crippen LogP contribution in [0.1, 0.15) is 52.9 Å². The van der Waals surface area contributed by atoms with Gasteiger partial charge in [0.05, 0.1) is 0 Å². The molecule has 0 aromatic carbocycles. The minimum atomic E-state index is 0.816. The van der Waals surface area contributed by atoms with Crippen LogP contribution in [0.3, 0.4) is 0 Å². The fraction of sp³-hybridized carbons (Fsp3) is 1.00. The van der Waals surface area contributed by atoms with Gasteiger partial charge in [-0.3, -0.25) is 0 Å². The van der Waals surface area contributed by atoms with Crippen molar-refractivity contribution in [2.75, 3.05) is 19.6 Å². The fourth-order valence-electron chi connectivity index (χ4n) is 2.24. The van der Waals surface area contributed by atoms with Crippen molar-refractivity contribution in [2.45, 2.75) is 58.9 Å². The van der Waals surface area contributed by atoms with Crippen molar-refractivity contribution < 1.29 is 0 Å². The summed E-state index contributed by atoms with van der Waals surface area (Å²) in [6.45, 7) is 10.5. The van der Waals surface area contributed by atoms with E-state index in [9.17, 15) is 0 Å². The van der Waals surface area contributed by atoms with Gasteiger partial charge in [-0.15, -0.1) is 0 Å². The van der Waals surface area contributed by atoms with Crippen LogP contribution in [-0.2, 0) is 0 Å². The molecule has 1 atom stereocenters. The molecule has 0 aromatic heterocycles. The van der Waals surface area contributed by atoms with Crippen molar-refractivity contribution in [3.63, 3.8) is 0 Å². The molecule has 0 heterocycles. The van der Waals surface area contributed by atoms with E-state index in [1.165, 1.54) is 45.2 Å². The van der Waals surface area contributed by atoms with Crippen LogP contribution >= 0.6 is 0 Å². The Labute approximate surface area is 102 Å². The quantitative estimate of drug-likeness (QED) is 0.655. The largest absolute Gasteiger partial charge is 0.330 e. The van der Waals surface area contributed by atoms with Crippen LogP contribution in [0.2, 0.25) is 0 Å². The van der Waals surface area contributed by atoms with Crippen molar-refractivity contribution >= 4 is 0 Å². The normalized spacial score (nSPS) is 18.4. The molecule has 0 amide bonds. The molecule has 1 fully saturated rings. The van der Waals surface area contributed by atoms with Crippen LogP contribution in [0.5, 0.6) is 0 Å². The lowest BCUT2D eigenvalue weighted by atomic mass is 10.0. The van der Waals surface area contributed by atoms with Crippen LogP contribution in [0, 0.1) is 11.8 Å². The SMILES string of the molecule is CC(C)CCN(CC(C)CCCN)C1CC1. The summed E-state index contributed by atoms with van der Waals surface area (Å²) in [6.07, 6.45) is 6.69. The van der Waals surface area contributed by atoms with Crippen molar-refractivity contribution in [3.05, 3.63) is 0 Å². The Bertz CT molecular complexity index is 176. The first-order chi connectivity index (χ1) is 7.63. The van der Waals surface area contributed by atoms with Crippen LogP contribution in [-0.4, -0.2) is 30.6 Å². The lowest BCUT2D eigenvalue weighted by molar-refractivity contribution is 0.210. The van der Waals surface area contributed by atoms with Crippen LogP contribution < -0.4 is 5.73 Å². The van der Waals surface area contributed by atoms with E-state index >= 15 is 0 Å². The molecule has 0 bridgehead atoms. The van der Waals surface area contributed by atoms with E-state index in [-0.39, 0.29) is 0 Å². The van der Waals surface area contributed by atoms with E-state index in [1.54, 1.807) is 0 Å². The van der Waals surface area contributed by atoms with Crippen LogP contribution in [0.4, 0.5) is 0 Å². The van der Waals surface area contributed by atoms with Crippen LogP contribution in [0.15, 0.2) is 0 Å². The molecule has 0 aromatic rings. The Kier molecular flexibility index (Phi) is 6.37. The zero-order valence-corrected chi connectivity index (χ0v) is 11.4. The minimum absolute atomic E-state index is 0.816. The highest BCUT2D eigenvalue weighted by Crippen LogP contribution is 2.28. The summed E-state index contributed by atoms with van der Waals surface area (Å²) in [7, 11) is 0. The van der Waals surface area contributed by atoms with Gasteiger partial charge >= 0.3 is 0 Å². The van der Waals surface area contributed by atoms with Crippen molar-refractivity contribution in [2.24, 2.45) is 17.6 Å². The van der Waals surface area contributed by atoms with Crippen molar-refractivity contribution in [1.82, 2.24) is 4.90 Å². The number of nitrogens with two attached hydrogens (primary N) is 1. The van der Waals surface area contributed by atoms with E-state index in [1.807, 2.05) is 0 Å². The summed E-state index contributed by atoms with van der Waals surface area (Å²) < 4.78 is 0. The predicted octanol–water partition coefficient (Wildman–Crippen LogP) is 2.87. The standard InChI is InChI=1S/C14H30N2/c1-12(2)8-10-16(14-6-7-14)11-13(3)5-4-9-15/h12-14H,4-11,15H2,1-3H3. The number of rotatable bonds is 9. The molecule has 1 rings (SSSR count). The number of nitrogens with zero attached hydrogens (tertiary/aromatic N) is 1. The number of hydrogen-bond acceptors (Lipinski definition) is 2. The van der Waals surface area contributed by atoms with Gasteiger partial charge in [0.25, 0.3) is 0 Å². The molecule has 2 nitrogen and oxygen atoms in total. The van der Waals surface area contributed by atoms with Gasteiger partial charge in [-0.25, -0.2) is 0 Å². The Balaban J connectivity index is 2.21. The van der Waals surface area contributed by atoms with Gasteiger partial charge < -0.3 is 10.6 Å². The Morgan fingerprint density at radius 2 is 1.88 bits per heavy atom. The van der Waals surface area contributed by atoms with E-state index in [0.29, 0.717) is 0 Å². The molecule has 16 heavy (non-hydrogen) atoms. The monoisotopic (exact) mass is 226 g/mol. The van der Waals surface area contributed by atoms with Crippen LogP contribution in [0.25, 0.3) is 0 Å². The first-order valence-electron chi connectivity index (χ1n) is 7.07. The van der Waals surface area contributed by atoms with Gasteiger partial charge in [-0.1, -0.05) is 20.8 Å². The average molecular weight is 226 g/mol. The highest BCUT2D eigenvalue weighted by molar-refractivity contribution is 4.85. The molecule has 0 spiro atoms. The Morgan fingerprint density at radius 1 is 1.19 bits per heavy atom. The zero-order chi connectivity index (χ0) is 12.0. The topological polar surface area (TPSA) is 29.3 Å². The molecule has 0 saturated heterocycles. The van der Waals surface area contributed by atoms with Gasteiger partial charge in [0, 0.05) is 12.6 Å². The summed E-state index contributed by atoms with van der Waals surface area (Å²) in [5, 5.41) is 0. The molecule has 2 N–H and O–H groups in total. The minimum Gasteiger partial charge on any atom is -0.330 e. The van der Waals surface area contributed by atoms with Crippen molar-refractivity contribution in [3.8, 4) is 0 Å². The first-order valence-corrected chi connectivity index (χ1v) is 7.07. The van der Waals surface area contributed by atoms with Crippen molar-refractivity contribution in [1.29, 1.82) is 0 Å². The smallest absolute Gasteiger partial charge is 0.00965 e. The van der Waals surface area contributed by atoms with Gasteiger partial charge in [0.1, 0.15) is 0 Å². The van der Waals surface area contributed by atoms with Gasteiger partial charge in [0.15, 0.2) is 0 Å². The maximum absolute atomic E-state index is 5.56. The molecular weight excluding hydrogens is 196 g/mol. The summed E-state index contributed by atoms with van der Waals surface area (Å²) >= 11 is 0. The molecular formula is C14H30N2. The molecule has 2 heteroatoms. The highest BCUT2D eigenvalue weighted by atomic mass is 15.2. The number of hydrogen-bond donors (Lipinski definition) is 1. The Hall–Kier alpha value is -0.0800. The Morgan fingerprint density at radius 3 is 2.38 bits per heavy atom. The summed E-state index contributed by atoms with van der Waals surface area (Å²) in [4.78, 5) is 2.72. The maximum Gasteiger partial charge on any atom is 0.00965 e. The predicted molar refractivity (Wildman–Crippen MR) is 71.5 cm³/mol. The lowest BCUT2D eigenvalue weighted by Crippen LogP contribution is -2.32. The fourth-order valence-corrected chi connectivity index (χ4v) is 2.24. The summed E-state index contributed by atoms with van der Waals surface area (Å²) in [5.74, 6) is 1.65. The molecule has 1 unspecified atom stereocenters. The van der Waals surface area contributed by atoms with E-state index < -0.39 is 0 Å². The molecule has 1 saturated carbocycles. The highest BCUT2D eigenvalue weighted by Gasteiger charge is 2.29. The molecule has 96 valence electrons. The zero-order valence-electron chi connectivity index (χ0n) is 11.4. The maximum atomic E-state index is 5.56. The third kappa shape index (κ3) is 5.86. The second kappa shape index (κ2) is 7.29. The van der Waals surface area contributed by atoms with Gasteiger partial charge in [0.2, 0.25) is 0 Å². The van der Waals surface area contributed by atoms with Gasteiger partial charge in [-0.05, 0) is 57.0 Å². The van der Waals surface area contributed by atoms with E-state index in [2.05, 4.69) is 25.7 Å². The molecule has 1 aliphatic rings. The average Bonchev–Trinajstić information content (AvgIpc) is 3.04. The van der Waals surface area contributed by atoms with E-state index in [4.69, 9.17) is 5.73 Å². The second-order valence-electron chi connectivity index (χ2n) is 5.94. The molecule has 1 aliphatic carbocycles. The molecule has 0 radical (unpaired) electrons. The second-order valence-corrected chi connectivity index (χ2v) is 5.94. The summed E-state index contributed by atoms with van der Waals surface area (Å²) in [5.41, 5.74) is 5.56. The molecule has 0 aliphatic heterocycles. The lowest BCUT2D eigenvalue weighted by Gasteiger charge is -2.26. The first kappa shape index (κ1) is 14.0. The summed E-state index contributed by atoms with van der Waals surface area (Å²) in [6, 6.07) is 0.916. The third-order valence-electron chi connectivity index (χ3n) is 3.50. The third-order valence-corrected chi connectivity index (χ3v) is 3.50. The van der Waals surface area contributed by atoms with E-state index in [0.717, 1.165) is 24.4 Å². The van der Waals surface area contributed by atoms with Gasteiger partial charge in [-0.2, -0.15) is 0 Å².